The molecule has 0 bridgehead atoms. The summed E-state index contributed by atoms with van der Waals surface area (Å²) in [6.07, 6.45) is 0. The minimum atomic E-state index is -0.579. The van der Waals surface area contributed by atoms with Gasteiger partial charge in [0.25, 0.3) is 5.91 Å². The third-order valence-corrected chi connectivity index (χ3v) is 2.67. The van der Waals surface area contributed by atoms with E-state index in [1.807, 2.05) is 19.9 Å². The predicted octanol–water partition coefficient (Wildman–Crippen LogP) is 2.87. The summed E-state index contributed by atoms with van der Waals surface area (Å²) in [5, 5.41) is 11.4. The zero-order valence-corrected chi connectivity index (χ0v) is 11.1. The Bertz CT molecular complexity index is 448. The maximum atomic E-state index is 13.1. The lowest BCUT2D eigenvalue weighted by molar-refractivity contribution is 0.0937. The predicted molar refractivity (Wildman–Crippen MR) is 65.8 cm³/mol. The first-order valence-electron chi connectivity index (χ1n) is 5.10. The number of amides is 1. The van der Waals surface area contributed by atoms with Crippen LogP contribution >= 0.6 is 15.9 Å². The first-order valence-corrected chi connectivity index (χ1v) is 5.90. The van der Waals surface area contributed by atoms with E-state index in [2.05, 4.69) is 21.2 Å². The molecule has 1 unspecified atom stereocenters. The molecule has 1 atom stereocenters. The highest BCUT2D eigenvalue weighted by molar-refractivity contribution is 9.10. The molecule has 17 heavy (non-hydrogen) atoms. The number of carbonyl (C=O) groups excluding carboxylic acids is 1. The van der Waals surface area contributed by atoms with Gasteiger partial charge in [0.15, 0.2) is 0 Å². The van der Waals surface area contributed by atoms with Crippen molar-refractivity contribution < 1.29 is 9.18 Å². The zero-order chi connectivity index (χ0) is 13.0. The third-order valence-electron chi connectivity index (χ3n) is 2.22. The molecule has 1 N–H and O–H groups in total. The molecular weight excluding hydrogens is 287 g/mol. The maximum absolute atomic E-state index is 13.1. The summed E-state index contributed by atoms with van der Waals surface area (Å²) < 4.78 is 13.6. The second-order valence-corrected chi connectivity index (χ2v) is 4.90. The van der Waals surface area contributed by atoms with Gasteiger partial charge in [-0.3, -0.25) is 4.79 Å². The lowest BCUT2D eigenvalue weighted by Gasteiger charge is -2.14. The van der Waals surface area contributed by atoms with Gasteiger partial charge in [-0.2, -0.15) is 5.26 Å². The van der Waals surface area contributed by atoms with E-state index < -0.39 is 17.8 Å². The molecule has 90 valence electrons. The normalized spacial score (nSPS) is 12.0. The molecule has 0 saturated carbocycles. The maximum Gasteiger partial charge on any atom is 0.252 e. The number of carbonyl (C=O) groups is 1. The highest BCUT2D eigenvalue weighted by Gasteiger charge is 2.17. The molecule has 1 aromatic rings. The van der Waals surface area contributed by atoms with E-state index in [0.29, 0.717) is 4.47 Å². The van der Waals surface area contributed by atoms with E-state index in [1.54, 1.807) is 0 Å². The van der Waals surface area contributed by atoms with Crippen molar-refractivity contribution in [1.29, 1.82) is 5.26 Å². The second-order valence-electron chi connectivity index (χ2n) is 3.98. The van der Waals surface area contributed by atoms with Crippen molar-refractivity contribution >= 4 is 21.8 Å². The number of hydrogen-bond acceptors (Lipinski definition) is 2. The quantitative estimate of drug-likeness (QED) is 0.933. The number of rotatable bonds is 3. The summed E-state index contributed by atoms with van der Waals surface area (Å²) in [6, 6.07) is 5.32. The molecule has 1 amide bonds. The highest BCUT2D eigenvalue weighted by atomic mass is 79.9. The van der Waals surface area contributed by atoms with Crippen LogP contribution in [0.25, 0.3) is 0 Å². The van der Waals surface area contributed by atoms with Gasteiger partial charge >= 0.3 is 0 Å². The highest BCUT2D eigenvalue weighted by Crippen LogP contribution is 2.15. The Balaban J connectivity index is 2.87. The number of nitriles is 1. The van der Waals surface area contributed by atoms with Gasteiger partial charge < -0.3 is 5.32 Å². The van der Waals surface area contributed by atoms with E-state index in [4.69, 9.17) is 5.26 Å². The smallest absolute Gasteiger partial charge is 0.252 e. The van der Waals surface area contributed by atoms with Crippen LogP contribution in [0.5, 0.6) is 0 Å². The Kier molecular flexibility index (Phi) is 4.64. The van der Waals surface area contributed by atoms with E-state index in [0.717, 1.165) is 6.07 Å². The van der Waals surface area contributed by atoms with Gasteiger partial charge in [0.1, 0.15) is 11.9 Å². The molecular formula is C12H12BrFN2O. The molecule has 0 aliphatic rings. The second kappa shape index (κ2) is 5.78. The van der Waals surface area contributed by atoms with Crippen LogP contribution in [0.15, 0.2) is 22.7 Å². The van der Waals surface area contributed by atoms with Gasteiger partial charge in [-0.05, 0) is 24.1 Å². The van der Waals surface area contributed by atoms with Crippen LogP contribution in [0.1, 0.15) is 24.2 Å². The number of halogens is 2. The Morgan fingerprint density at radius 2 is 2.12 bits per heavy atom. The molecule has 0 aliphatic carbocycles. The SMILES string of the molecule is CC(C)C(C#N)NC(=O)c1cc(F)cc(Br)c1. The largest absolute Gasteiger partial charge is 0.336 e. The van der Waals surface area contributed by atoms with Gasteiger partial charge in [-0.25, -0.2) is 4.39 Å². The van der Waals surface area contributed by atoms with Crippen LogP contribution in [0, 0.1) is 23.1 Å². The molecule has 1 aromatic carbocycles. The number of hydrogen-bond donors (Lipinski definition) is 1. The molecule has 1 rings (SSSR count). The topological polar surface area (TPSA) is 52.9 Å². The molecule has 0 spiro atoms. The average molecular weight is 299 g/mol. The molecule has 3 nitrogen and oxygen atoms in total. The Morgan fingerprint density at radius 1 is 1.47 bits per heavy atom. The molecule has 5 heteroatoms. The van der Waals surface area contributed by atoms with Crippen molar-refractivity contribution in [3.8, 4) is 6.07 Å². The van der Waals surface area contributed by atoms with Gasteiger partial charge in [-0.15, -0.1) is 0 Å². The zero-order valence-electron chi connectivity index (χ0n) is 9.50. The molecule has 0 fully saturated rings. The molecule has 0 aliphatic heterocycles. The molecule has 0 radical (unpaired) electrons. The summed E-state index contributed by atoms with van der Waals surface area (Å²) >= 11 is 3.11. The summed E-state index contributed by atoms with van der Waals surface area (Å²) in [4.78, 5) is 11.8. The van der Waals surface area contributed by atoms with E-state index >= 15 is 0 Å². The van der Waals surface area contributed by atoms with Crippen molar-refractivity contribution in [2.24, 2.45) is 5.92 Å². The fourth-order valence-corrected chi connectivity index (χ4v) is 1.72. The van der Waals surface area contributed by atoms with Gasteiger partial charge in [0, 0.05) is 10.0 Å². The van der Waals surface area contributed by atoms with Crippen molar-refractivity contribution in [3.63, 3.8) is 0 Å². The van der Waals surface area contributed by atoms with Gasteiger partial charge in [0.05, 0.1) is 6.07 Å². The molecule has 0 saturated heterocycles. The van der Waals surface area contributed by atoms with Crippen LogP contribution in [0.2, 0.25) is 0 Å². The van der Waals surface area contributed by atoms with E-state index in [9.17, 15) is 9.18 Å². The van der Waals surface area contributed by atoms with Crippen molar-refractivity contribution in [2.75, 3.05) is 0 Å². The summed E-state index contributed by atoms with van der Waals surface area (Å²) in [6.45, 7) is 3.66. The molecule has 0 heterocycles. The van der Waals surface area contributed by atoms with Gasteiger partial charge in [-0.1, -0.05) is 29.8 Å². The average Bonchev–Trinajstić information content (AvgIpc) is 2.23. The Labute approximate surface area is 108 Å². The van der Waals surface area contributed by atoms with E-state index in [-0.39, 0.29) is 11.5 Å². The van der Waals surface area contributed by atoms with Crippen LogP contribution < -0.4 is 5.32 Å². The lowest BCUT2D eigenvalue weighted by Crippen LogP contribution is -2.37. The van der Waals surface area contributed by atoms with Crippen LogP contribution in [0.3, 0.4) is 0 Å². The third kappa shape index (κ3) is 3.82. The summed E-state index contributed by atoms with van der Waals surface area (Å²) in [7, 11) is 0. The number of nitrogens with zero attached hydrogens (tertiary/aromatic N) is 1. The van der Waals surface area contributed by atoms with Crippen molar-refractivity contribution in [3.05, 3.63) is 34.1 Å². The van der Waals surface area contributed by atoms with Crippen LogP contribution in [-0.4, -0.2) is 11.9 Å². The minimum Gasteiger partial charge on any atom is -0.336 e. The number of benzene rings is 1. The molecule has 0 aromatic heterocycles. The van der Waals surface area contributed by atoms with Crippen molar-refractivity contribution in [1.82, 2.24) is 5.32 Å². The Morgan fingerprint density at radius 3 is 2.59 bits per heavy atom. The monoisotopic (exact) mass is 298 g/mol. The standard InChI is InChI=1S/C12H12BrFN2O/c1-7(2)11(6-15)16-12(17)8-3-9(13)5-10(14)4-8/h3-5,7,11H,1-2H3,(H,16,17). The summed E-state index contributed by atoms with van der Waals surface area (Å²) in [5.74, 6) is -0.950. The van der Waals surface area contributed by atoms with Crippen LogP contribution in [-0.2, 0) is 0 Å². The Hall–Kier alpha value is -1.41. The van der Waals surface area contributed by atoms with Gasteiger partial charge in [0.2, 0.25) is 0 Å². The number of nitrogens with one attached hydrogen (secondary N) is 1. The van der Waals surface area contributed by atoms with Crippen molar-refractivity contribution in [2.45, 2.75) is 19.9 Å². The fraction of sp³-hybridized carbons (Fsp3) is 0.333. The summed E-state index contributed by atoms with van der Waals surface area (Å²) in [5.41, 5.74) is 0.192. The first kappa shape index (κ1) is 13.7. The minimum absolute atomic E-state index is 0.000880. The van der Waals surface area contributed by atoms with E-state index in [1.165, 1.54) is 12.1 Å². The lowest BCUT2D eigenvalue weighted by atomic mass is 10.1. The van der Waals surface area contributed by atoms with Crippen LogP contribution in [0.4, 0.5) is 4.39 Å². The first-order chi connectivity index (χ1) is 7.93. The fourth-order valence-electron chi connectivity index (χ4n) is 1.26.